The maximum atomic E-state index is 10.8. The Morgan fingerprint density at radius 2 is 2.47 bits per heavy atom. The van der Waals surface area contributed by atoms with E-state index < -0.39 is 5.97 Å². The van der Waals surface area contributed by atoms with Gasteiger partial charge in [-0.25, -0.2) is 4.98 Å². The number of methoxy groups -OCH3 is 1. The second-order valence-electron chi connectivity index (χ2n) is 3.90. The van der Waals surface area contributed by atoms with Crippen LogP contribution in [0, 0.1) is 0 Å². The number of aliphatic carboxylic acids is 1. The molecule has 1 N–H and O–H groups in total. The summed E-state index contributed by atoms with van der Waals surface area (Å²) in [6.45, 7) is 0. The molecule has 0 aromatic carbocycles. The van der Waals surface area contributed by atoms with Crippen molar-refractivity contribution in [2.24, 2.45) is 0 Å². The van der Waals surface area contributed by atoms with Gasteiger partial charge in [0.15, 0.2) is 0 Å². The van der Waals surface area contributed by atoms with Crippen molar-refractivity contribution in [1.29, 1.82) is 0 Å². The van der Waals surface area contributed by atoms with E-state index in [1.807, 2.05) is 0 Å². The maximum Gasteiger partial charge on any atom is 0.304 e. The Balaban J connectivity index is 2.21. The second-order valence-corrected chi connectivity index (χ2v) is 4.89. The molecular weight excluding hydrogens is 214 g/mol. The summed E-state index contributed by atoms with van der Waals surface area (Å²) in [5.41, 5.74) is -0.166. The number of aromatic nitrogens is 1. The van der Waals surface area contributed by atoms with Gasteiger partial charge >= 0.3 is 5.97 Å². The number of hydrogen-bond acceptors (Lipinski definition) is 4. The number of carboxylic acid groups (broad SMARTS) is 1. The minimum Gasteiger partial charge on any atom is -0.481 e. The van der Waals surface area contributed by atoms with Gasteiger partial charge in [-0.15, -0.1) is 0 Å². The van der Waals surface area contributed by atoms with Gasteiger partial charge in [0.25, 0.3) is 5.19 Å². The highest BCUT2D eigenvalue weighted by Crippen LogP contribution is 2.49. The lowest BCUT2D eigenvalue weighted by molar-refractivity contribution is -0.139. The van der Waals surface area contributed by atoms with Gasteiger partial charge in [0.1, 0.15) is 0 Å². The highest BCUT2D eigenvalue weighted by atomic mass is 32.1. The molecule has 4 nitrogen and oxygen atoms in total. The summed E-state index contributed by atoms with van der Waals surface area (Å²) in [5, 5.41) is 9.51. The van der Waals surface area contributed by atoms with Crippen LogP contribution in [-0.4, -0.2) is 23.2 Å². The molecule has 1 aliphatic carbocycles. The molecule has 0 saturated heterocycles. The number of nitrogens with zero attached hydrogens (tertiary/aromatic N) is 1. The van der Waals surface area contributed by atoms with E-state index in [1.54, 1.807) is 13.3 Å². The zero-order valence-electron chi connectivity index (χ0n) is 8.52. The first-order chi connectivity index (χ1) is 7.16. The van der Waals surface area contributed by atoms with E-state index in [2.05, 4.69) is 4.98 Å². The molecule has 0 aliphatic heterocycles. The second kappa shape index (κ2) is 3.81. The van der Waals surface area contributed by atoms with E-state index in [9.17, 15) is 4.79 Å². The highest BCUT2D eigenvalue weighted by molar-refractivity contribution is 7.13. The number of ether oxygens (including phenoxy) is 1. The van der Waals surface area contributed by atoms with E-state index in [0.29, 0.717) is 5.19 Å². The standard InChI is InChI=1S/C10H13NO3S/c1-14-9-11-6-7(15-9)10(3-2-4-10)5-8(12)13/h6H,2-5H2,1H3,(H,12,13). The van der Waals surface area contributed by atoms with Crippen molar-refractivity contribution in [2.45, 2.75) is 31.1 Å². The number of thiazole rings is 1. The lowest BCUT2D eigenvalue weighted by atomic mass is 9.66. The summed E-state index contributed by atoms with van der Waals surface area (Å²) in [6, 6.07) is 0. The van der Waals surface area contributed by atoms with Gasteiger partial charge < -0.3 is 9.84 Å². The lowest BCUT2D eigenvalue weighted by Crippen LogP contribution is -2.35. The largest absolute Gasteiger partial charge is 0.481 e. The molecule has 0 spiro atoms. The molecular formula is C10H13NO3S. The molecule has 0 unspecified atom stereocenters. The minimum atomic E-state index is -0.734. The molecule has 0 radical (unpaired) electrons. The number of carboxylic acids is 1. The molecule has 15 heavy (non-hydrogen) atoms. The molecule has 1 saturated carbocycles. The monoisotopic (exact) mass is 227 g/mol. The van der Waals surface area contributed by atoms with E-state index in [1.165, 1.54) is 11.3 Å². The average Bonchev–Trinajstić information content (AvgIpc) is 2.59. The fraction of sp³-hybridized carbons (Fsp3) is 0.600. The predicted molar refractivity (Wildman–Crippen MR) is 56.4 cm³/mol. The van der Waals surface area contributed by atoms with Crippen molar-refractivity contribution >= 4 is 17.3 Å². The van der Waals surface area contributed by atoms with Crippen LogP contribution in [0.25, 0.3) is 0 Å². The van der Waals surface area contributed by atoms with Crippen molar-refractivity contribution < 1.29 is 14.6 Å². The molecule has 0 atom stereocenters. The van der Waals surface area contributed by atoms with Gasteiger partial charge in [0.05, 0.1) is 13.5 Å². The van der Waals surface area contributed by atoms with Crippen molar-refractivity contribution in [3.05, 3.63) is 11.1 Å². The van der Waals surface area contributed by atoms with Gasteiger partial charge in [-0.2, -0.15) is 0 Å². The van der Waals surface area contributed by atoms with Crippen molar-refractivity contribution in [3.8, 4) is 5.19 Å². The molecule has 82 valence electrons. The summed E-state index contributed by atoms with van der Waals surface area (Å²) >= 11 is 1.46. The SMILES string of the molecule is COc1ncc(C2(CC(=O)O)CCC2)s1. The Morgan fingerprint density at radius 1 is 1.73 bits per heavy atom. The van der Waals surface area contributed by atoms with Crippen molar-refractivity contribution in [3.63, 3.8) is 0 Å². The zero-order chi connectivity index (χ0) is 10.9. The van der Waals surface area contributed by atoms with Gasteiger partial charge in [-0.3, -0.25) is 4.79 Å². The summed E-state index contributed by atoms with van der Waals surface area (Å²) in [7, 11) is 1.58. The molecule has 5 heteroatoms. The quantitative estimate of drug-likeness (QED) is 0.855. The van der Waals surface area contributed by atoms with E-state index in [0.717, 1.165) is 24.1 Å². The third kappa shape index (κ3) is 1.84. The Kier molecular flexibility index (Phi) is 2.65. The van der Waals surface area contributed by atoms with Gasteiger partial charge in [0, 0.05) is 16.5 Å². The Morgan fingerprint density at radius 3 is 2.87 bits per heavy atom. The van der Waals surface area contributed by atoms with Crippen LogP contribution < -0.4 is 4.74 Å². The van der Waals surface area contributed by atoms with Crippen LogP contribution in [0.2, 0.25) is 0 Å². The number of hydrogen-bond donors (Lipinski definition) is 1. The Hall–Kier alpha value is -1.10. The first kappa shape index (κ1) is 10.4. The van der Waals surface area contributed by atoms with Crippen molar-refractivity contribution in [1.82, 2.24) is 4.98 Å². The third-order valence-electron chi connectivity index (χ3n) is 2.98. The Bertz CT molecular complexity index is 370. The smallest absolute Gasteiger partial charge is 0.304 e. The van der Waals surface area contributed by atoms with Crippen LogP contribution in [-0.2, 0) is 10.2 Å². The summed E-state index contributed by atoms with van der Waals surface area (Å²) in [6.07, 6.45) is 4.97. The normalized spacial score (nSPS) is 18.2. The first-order valence-corrected chi connectivity index (χ1v) is 5.70. The molecule has 2 rings (SSSR count). The summed E-state index contributed by atoms with van der Waals surface area (Å²) < 4.78 is 5.02. The first-order valence-electron chi connectivity index (χ1n) is 4.88. The minimum absolute atomic E-state index is 0.166. The molecule has 1 fully saturated rings. The molecule has 0 bridgehead atoms. The average molecular weight is 227 g/mol. The lowest BCUT2D eigenvalue weighted by Gasteiger charge is -2.39. The molecule has 1 heterocycles. The van der Waals surface area contributed by atoms with E-state index >= 15 is 0 Å². The van der Waals surface area contributed by atoms with Crippen LogP contribution in [0.5, 0.6) is 5.19 Å². The molecule has 1 aromatic rings. The Labute approximate surface area is 91.9 Å². The van der Waals surface area contributed by atoms with Gasteiger partial charge in [0.2, 0.25) is 0 Å². The van der Waals surface area contributed by atoms with E-state index in [-0.39, 0.29) is 11.8 Å². The van der Waals surface area contributed by atoms with Crippen LogP contribution in [0.15, 0.2) is 6.20 Å². The maximum absolute atomic E-state index is 10.8. The predicted octanol–water partition coefficient (Wildman–Crippen LogP) is 2.05. The van der Waals surface area contributed by atoms with Gasteiger partial charge in [-0.05, 0) is 12.8 Å². The van der Waals surface area contributed by atoms with Gasteiger partial charge in [-0.1, -0.05) is 17.8 Å². The zero-order valence-corrected chi connectivity index (χ0v) is 9.34. The molecule has 1 aromatic heterocycles. The van der Waals surface area contributed by atoms with Crippen LogP contribution in [0.3, 0.4) is 0 Å². The van der Waals surface area contributed by atoms with Crippen LogP contribution >= 0.6 is 11.3 Å². The topological polar surface area (TPSA) is 59.4 Å². The number of rotatable bonds is 4. The number of carbonyl (C=O) groups is 1. The van der Waals surface area contributed by atoms with Crippen molar-refractivity contribution in [2.75, 3.05) is 7.11 Å². The summed E-state index contributed by atoms with van der Waals surface area (Å²) in [5.74, 6) is -0.734. The third-order valence-corrected chi connectivity index (χ3v) is 4.19. The van der Waals surface area contributed by atoms with Crippen LogP contribution in [0.4, 0.5) is 0 Å². The fourth-order valence-corrected chi connectivity index (χ4v) is 2.98. The summed E-state index contributed by atoms with van der Waals surface area (Å²) in [4.78, 5) is 16.0. The fourth-order valence-electron chi connectivity index (χ4n) is 2.00. The van der Waals surface area contributed by atoms with Crippen LogP contribution in [0.1, 0.15) is 30.6 Å². The molecule has 0 amide bonds. The highest BCUT2D eigenvalue weighted by Gasteiger charge is 2.42. The van der Waals surface area contributed by atoms with E-state index in [4.69, 9.17) is 9.84 Å². The molecule has 1 aliphatic rings.